The summed E-state index contributed by atoms with van der Waals surface area (Å²) in [7, 11) is -3.60. The van der Waals surface area contributed by atoms with Gasteiger partial charge in [-0.05, 0) is 12.1 Å². The first-order valence-corrected chi connectivity index (χ1v) is 6.53. The van der Waals surface area contributed by atoms with Gasteiger partial charge in [0.05, 0.1) is 18.3 Å². The van der Waals surface area contributed by atoms with Gasteiger partial charge in [-0.2, -0.15) is 8.42 Å². The van der Waals surface area contributed by atoms with Crippen molar-refractivity contribution >= 4 is 22.0 Å². The van der Waals surface area contributed by atoms with Crippen molar-refractivity contribution in [3.05, 3.63) is 24.3 Å². The number of hydrogen-bond acceptors (Lipinski definition) is 5. The van der Waals surface area contributed by atoms with E-state index in [1.165, 1.54) is 12.4 Å². The molecule has 0 aliphatic carbocycles. The molecule has 1 aliphatic heterocycles. The first-order valence-electron chi connectivity index (χ1n) is 5.09. The van der Waals surface area contributed by atoms with Gasteiger partial charge in [0, 0.05) is 6.54 Å². The monoisotopic (exact) mass is 255 g/mol. The molecule has 6 nitrogen and oxygen atoms in total. The van der Waals surface area contributed by atoms with Crippen molar-refractivity contribution in [3.63, 3.8) is 0 Å². The number of rotatable bonds is 3. The molecular formula is C10H13N3O3S. The Kier molecular flexibility index (Phi) is 3.14. The van der Waals surface area contributed by atoms with Crippen molar-refractivity contribution in [1.29, 1.82) is 0 Å². The van der Waals surface area contributed by atoms with E-state index in [1.54, 1.807) is 23.1 Å². The van der Waals surface area contributed by atoms with E-state index in [0.29, 0.717) is 5.69 Å². The number of nitrogens with zero attached hydrogens (tertiary/aromatic N) is 2. The predicted octanol–water partition coefficient (Wildman–Crippen LogP) is -0.457. The van der Waals surface area contributed by atoms with Crippen LogP contribution >= 0.6 is 0 Å². The summed E-state index contributed by atoms with van der Waals surface area (Å²) in [4.78, 5) is 1.72. The molecule has 0 saturated carbocycles. The average Bonchev–Trinajstić information content (AvgIpc) is 2.33. The Morgan fingerprint density at radius 2 is 2.12 bits per heavy atom. The summed E-state index contributed by atoms with van der Waals surface area (Å²) in [5.74, 6) is 0. The number of sulfonamides is 1. The van der Waals surface area contributed by atoms with Gasteiger partial charge in [0.2, 0.25) is 0 Å². The fourth-order valence-electron chi connectivity index (χ4n) is 1.60. The van der Waals surface area contributed by atoms with Crippen molar-refractivity contribution in [2.24, 2.45) is 10.1 Å². The van der Waals surface area contributed by atoms with E-state index >= 15 is 0 Å². The van der Waals surface area contributed by atoms with Crippen molar-refractivity contribution < 1.29 is 13.5 Å². The van der Waals surface area contributed by atoms with Crippen LogP contribution in [0.2, 0.25) is 0 Å². The Bertz CT molecular complexity index is 541. The van der Waals surface area contributed by atoms with Gasteiger partial charge in [-0.3, -0.25) is 0 Å². The van der Waals surface area contributed by atoms with E-state index in [1.807, 2.05) is 0 Å². The van der Waals surface area contributed by atoms with E-state index in [2.05, 4.69) is 4.40 Å². The third-order valence-corrected chi connectivity index (χ3v) is 3.73. The number of fused-ring (bicyclic) bond motifs is 1. The molecule has 7 heteroatoms. The van der Waals surface area contributed by atoms with Crippen molar-refractivity contribution in [3.8, 4) is 0 Å². The Morgan fingerprint density at radius 1 is 1.41 bits per heavy atom. The van der Waals surface area contributed by atoms with E-state index in [4.69, 9.17) is 5.73 Å². The number of aliphatic hydroxyl groups excluding tert-OH is 1. The minimum Gasteiger partial charge on any atom is -0.390 e. The minimum absolute atomic E-state index is 0.110. The summed E-state index contributed by atoms with van der Waals surface area (Å²) < 4.78 is 26.8. The van der Waals surface area contributed by atoms with Gasteiger partial charge in [0.25, 0.3) is 10.0 Å². The quantitative estimate of drug-likeness (QED) is 0.762. The minimum atomic E-state index is -3.60. The molecule has 1 atom stereocenters. The molecule has 1 unspecified atom stereocenters. The highest BCUT2D eigenvalue weighted by atomic mass is 32.2. The maximum Gasteiger partial charge on any atom is 0.285 e. The zero-order chi connectivity index (χ0) is 12.5. The lowest BCUT2D eigenvalue weighted by Crippen LogP contribution is -2.37. The number of benzene rings is 1. The Balaban J connectivity index is 2.40. The van der Waals surface area contributed by atoms with Gasteiger partial charge in [0.15, 0.2) is 0 Å². The lowest BCUT2D eigenvalue weighted by atomic mass is 10.2. The topological polar surface area (TPSA) is 96.0 Å². The van der Waals surface area contributed by atoms with Crippen LogP contribution in [0.25, 0.3) is 0 Å². The second-order valence-corrected chi connectivity index (χ2v) is 5.31. The van der Waals surface area contributed by atoms with Crippen LogP contribution < -0.4 is 10.6 Å². The molecule has 92 valence electrons. The molecule has 0 saturated heterocycles. The number of anilines is 1. The fraction of sp³-hybridized carbons (Fsp3) is 0.300. The lowest BCUT2D eigenvalue weighted by Gasteiger charge is -2.26. The first kappa shape index (κ1) is 12.0. The average molecular weight is 255 g/mol. The van der Waals surface area contributed by atoms with Crippen LogP contribution in [-0.4, -0.2) is 39.1 Å². The summed E-state index contributed by atoms with van der Waals surface area (Å²) in [6.07, 6.45) is 0.478. The highest BCUT2D eigenvalue weighted by molar-refractivity contribution is 7.90. The number of β-amino-alcohol motifs (C(OH)–C–C–N with tert-alkyl or cyclic N) is 1. The molecule has 1 aromatic rings. The maximum atomic E-state index is 11.7. The SMILES string of the molecule is NCC(O)CN1C=NS(=O)(=O)c2ccccc21. The van der Waals surface area contributed by atoms with Crippen molar-refractivity contribution in [1.82, 2.24) is 0 Å². The molecule has 3 N–H and O–H groups in total. The third-order valence-electron chi connectivity index (χ3n) is 2.46. The molecule has 0 aromatic heterocycles. The van der Waals surface area contributed by atoms with Crippen LogP contribution in [0, 0.1) is 0 Å². The summed E-state index contributed by atoms with van der Waals surface area (Å²) in [6.45, 7) is 0.325. The van der Waals surface area contributed by atoms with Crippen molar-refractivity contribution in [2.45, 2.75) is 11.0 Å². The van der Waals surface area contributed by atoms with Crippen LogP contribution in [0.5, 0.6) is 0 Å². The number of aliphatic hydroxyl groups is 1. The van der Waals surface area contributed by atoms with Crippen LogP contribution in [0.1, 0.15) is 0 Å². The summed E-state index contributed by atoms with van der Waals surface area (Å²) in [6, 6.07) is 6.52. The zero-order valence-corrected chi connectivity index (χ0v) is 9.84. The van der Waals surface area contributed by atoms with Gasteiger partial charge < -0.3 is 15.7 Å². The molecule has 0 bridgehead atoms. The van der Waals surface area contributed by atoms with E-state index < -0.39 is 16.1 Å². The molecule has 1 heterocycles. The molecule has 0 amide bonds. The first-order chi connectivity index (χ1) is 8.04. The zero-order valence-electron chi connectivity index (χ0n) is 9.02. The fourth-order valence-corrected chi connectivity index (χ4v) is 2.65. The second-order valence-electron chi connectivity index (χ2n) is 3.71. The summed E-state index contributed by atoms with van der Waals surface area (Å²) in [5, 5.41) is 9.49. The highest BCUT2D eigenvalue weighted by Crippen LogP contribution is 2.28. The van der Waals surface area contributed by atoms with Crippen LogP contribution in [0.15, 0.2) is 33.6 Å². The summed E-state index contributed by atoms with van der Waals surface area (Å²) in [5.41, 5.74) is 5.83. The van der Waals surface area contributed by atoms with Crippen LogP contribution in [0.3, 0.4) is 0 Å². The van der Waals surface area contributed by atoms with E-state index in [9.17, 15) is 13.5 Å². The maximum absolute atomic E-state index is 11.7. The Labute approximate surface area is 99.4 Å². The number of nitrogens with two attached hydrogens (primary N) is 1. The molecule has 0 spiro atoms. The van der Waals surface area contributed by atoms with Crippen molar-refractivity contribution in [2.75, 3.05) is 18.0 Å². The largest absolute Gasteiger partial charge is 0.390 e. The normalized spacial score (nSPS) is 18.8. The molecule has 1 aliphatic rings. The lowest BCUT2D eigenvalue weighted by molar-refractivity contribution is 0.192. The molecular weight excluding hydrogens is 242 g/mol. The standard InChI is InChI=1S/C10H13N3O3S/c11-5-8(14)6-13-7-12-17(15,16)10-4-2-1-3-9(10)13/h1-4,7-8,14H,5-6,11H2. The van der Waals surface area contributed by atoms with Gasteiger partial charge in [-0.25, -0.2) is 0 Å². The second kappa shape index (κ2) is 4.44. The Morgan fingerprint density at radius 3 is 2.82 bits per heavy atom. The van der Waals surface area contributed by atoms with E-state index in [-0.39, 0.29) is 18.0 Å². The molecule has 1 aromatic carbocycles. The Hall–Kier alpha value is -1.44. The van der Waals surface area contributed by atoms with Gasteiger partial charge in [-0.1, -0.05) is 12.1 Å². The van der Waals surface area contributed by atoms with Crippen LogP contribution in [0.4, 0.5) is 5.69 Å². The van der Waals surface area contributed by atoms with Gasteiger partial charge >= 0.3 is 0 Å². The molecule has 0 fully saturated rings. The number of para-hydroxylation sites is 1. The van der Waals surface area contributed by atoms with Crippen LogP contribution in [-0.2, 0) is 10.0 Å². The molecule has 0 radical (unpaired) electrons. The van der Waals surface area contributed by atoms with E-state index in [0.717, 1.165) is 0 Å². The third kappa shape index (κ3) is 2.31. The molecule has 17 heavy (non-hydrogen) atoms. The predicted molar refractivity (Wildman–Crippen MR) is 64.5 cm³/mol. The smallest absolute Gasteiger partial charge is 0.285 e. The van der Waals surface area contributed by atoms with Gasteiger partial charge in [-0.15, -0.1) is 4.40 Å². The van der Waals surface area contributed by atoms with Gasteiger partial charge in [0.1, 0.15) is 11.2 Å². The number of hydrogen-bond donors (Lipinski definition) is 2. The summed E-state index contributed by atoms with van der Waals surface area (Å²) >= 11 is 0. The molecule has 2 rings (SSSR count). The highest BCUT2D eigenvalue weighted by Gasteiger charge is 2.25.